The zero-order valence-corrected chi connectivity index (χ0v) is 20.1. The number of benzene rings is 2. The summed E-state index contributed by atoms with van der Waals surface area (Å²) < 4.78 is 43.0. The van der Waals surface area contributed by atoms with Gasteiger partial charge in [-0.2, -0.15) is 18.3 Å². The topological polar surface area (TPSA) is 108 Å². The van der Waals surface area contributed by atoms with Gasteiger partial charge in [0.2, 0.25) is 0 Å². The summed E-state index contributed by atoms with van der Waals surface area (Å²) >= 11 is 0. The molecule has 0 bridgehead atoms. The zero-order valence-electron chi connectivity index (χ0n) is 20.1. The van der Waals surface area contributed by atoms with Crippen LogP contribution in [0.4, 0.5) is 19.0 Å². The number of aliphatic hydroxyl groups excluding tert-OH is 1. The number of carboxylic acids is 1. The fourth-order valence-electron chi connectivity index (χ4n) is 4.47. The number of hydrogen-bond donors (Lipinski definition) is 3. The second-order valence-electron chi connectivity index (χ2n) is 8.96. The van der Waals surface area contributed by atoms with Crippen LogP contribution >= 0.6 is 0 Å². The first-order chi connectivity index (χ1) is 17.6. The summed E-state index contributed by atoms with van der Waals surface area (Å²) in [5.41, 5.74) is 0.720. The number of halogens is 3. The minimum Gasteiger partial charge on any atom is -0.478 e. The molecule has 3 aromatic rings. The molecule has 1 aliphatic heterocycles. The molecular formula is C26H27F3N4O4. The number of alkyl halides is 3. The Kier molecular flexibility index (Phi) is 7.53. The maximum atomic E-state index is 13.9. The maximum Gasteiger partial charge on any atom is 0.436 e. The van der Waals surface area contributed by atoms with Crippen molar-refractivity contribution in [2.75, 3.05) is 18.1 Å². The van der Waals surface area contributed by atoms with Crippen molar-refractivity contribution in [3.63, 3.8) is 0 Å². The minimum atomic E-state index is -4.83. The summed E-state index contributed by atoms with van der Waals surface area (Å²) in [6.07, 6.45) is -3.54. The van der Waals surface area contributed by atoms with Crippen LogP contribution in [0.1, 0.15) is 62.5 Å². The number of aryl methyl sites for hydroxylation is 1. The summed E-state index contributed by atoms with van der Waals surface area (Å²) in [5.74, 6) is -1.90. The highest BCUT2D eigenvalue weighted by Gasteiger charge is 2.44. The average molecular weight is 517 g/mol. The Morgan fingerprint density at radius 2 is 1.81 bits per heavy atom. The van der Waals surface area contributed by atoms with Gasteiger partial charge in [-0.1, -0.05) is 36.4 Å². The van der Waals surface area contributed by atoms with E-state index in [9.17, 15) is 22.8 Å². The van der Waals surface area contributed by atoms with E-state index >= 15 is 0 Å². The first-order valence-electron chi connectivity index (χ1n) is 11.8. The van der Waals surface area contributed by atoms with Gasteiger partial charge in [0.25, 0.3) is 5.91 Å². The Balaban J connectivity index is 1.61. The number of carbonyl (C=O) groups is 2. The van der Waals surface area contributed by atoms with Gasteiger partial charge in [-0.15, -0.1) is 0 Å². The van der Waals surface area contributed by atoms with Crippen LogP contribution in [0.3, 0.4) is 0 Å². The molecule has 37 heavy (non-hydrogen) atoms. The molecule has 0 unspecified atom stereocenters. The Hall–Kier alpha value is -3.86. The number of hydrogen-bond acceptors (Lipinski definition) is 5. The van der Waals surface area contributed by atoms with Crippen molar-refractivity contribution >= 4 is 17.7 Å². The smallest absolute Gasteiger partial charge is 0.436 e. The molecule has 8 nitrogen and oxygen atoms in total. The third-order valence-corrected chi connectivity index (χ3v) is 6.30. The average Bonchev–Trinajstić information content (AvgIpc) is 3.43. The molecular weight excluding hydrogens is 489 g/mol. The van der Waals surface area contributed by atoms with E-state index in [4.69, 9.17) is 10.2 Å². The van der Waals surface area contributed by atoms with Crippen molar-refractivity contribution in [1.82, 2.24) is 15.1 Å². The summed E-state index contributed by atoms with van der Waals surface area (Å²) in [7, 11) is 0. The van der Waals surface area contributed by atoms with E-state index in [0.29, 0.717) is 31.5 Å². The Morgan fingerprint density at radius 1 is 1.11 bits per heavy atom. The minimum absolute atomic E-state index is 0.0622. The molecule has 0 saturated carbocycles. The molecule has 3 N–H and O–H groups in total. The first kappa shape index (κ1) is 26.2. The molecule has 0 spiro atoms. The Morgan fingerprint density at radius 3 is 2.46 bits per heavy atom. The second kappa shape index (κ2) is 10.6. The van der Waals surface area contributed by atoms with Crippen molar-refractivity contribution in [2.24, 2.45) is 0 Å². The highest BCUT2D eigenvalue weighted by Crippen LogP contribution is 2.38. The summed E-state index contributed by atoms with van der Waals surface area (Å²) in [6.45, 7) is 2.58. The largest absolute Gasteiger partial charge is 0.478 e. The molecule has 1 amide bonds. The molecule has 1 atom stereocenters. The number of amides is 1. The number of anilines is 1. The molecule has 196 valence electrons. The number of nitrogens with zero attached hydrogens (tertiary/aromatic N) is 3. The summed E-state index contributed by atoms with van der Waals surface area (Å²) in [6, 6.07) is 12.7. The normalized spacial score (nSPS) is 13.9. The van der Waals surface area contributed by atoms with E-state index < -0.39 is 35.4 Å². The van der Waals surface area contributed by atoms with Crippen molar-refractivity contribution in [3.05, 3.63) is 82.0 Å². The van der Waals surface area contributed by atoms with Gasteiger partial charge in [0.1, 0.15) is 11.4 Å². The van der Waals surface area contributed by atoms with Gasteiger partial charge >= 0.3 is 12.1 Å². The standard InChI is InChI=1S/C26H27F3N4O4/c1-16(19-7-9-20(10-8-19)25(36)37)30-23(35)21-22(26(27,28)29)31-33-12-11-32(24(21)33)15-18-5-2-4-17(14-18)6-3-13-34/h2,4-5,7-10,14,16,34H,3,6,11-13,15H2,1H3,(H,30,35)(H,36,37)/t16-/m0/s1. The van der Waals surface area contributed by atoms with E-state index in [1.54, 1.807) is 11.8 Å². The number of carboxylic acid groups (broad SMARTS) is 1. The number of aromatic nitrogens is 2. The quantitative estimate of drug-likeness (QED) is 0.396. The van der Waals surface area contributed by atoms with Crippen molar-refractivity contribution in [2.45, 2.75) is 45.1 Å². The monoisotopic (exact) mass is 516 g/mol. The van der Waals surface area contributed by atoms with E-state index in [2.05, 4.69) is 10.4 Å². The highest BCUT2D eigenvalue weighted by molar-refractivity contribution is 6.01. The number of aromatic carboxylic acids is 1. The van der Waals surface area contributed by atoms with Crippen LogP contribution in [0, 0.1) is 0 Å². The van der Waals surface area contributed by atoms with Crippen LogP contribution in [-0.4, -0.2) is 45.0 Å². The highest BCUT2D eigenvalue weighted by atomic mass is 19.4. The maximum absolute atomic E-state index is 13.9. The first-order valence-corrected chi connectivity index (χ1v) is 11.8. The second-order valence-corrected chi connectivity index (χ2v) is 8.96. The summed E-state index contributed by atoms with van der Waals surface area (Å²) in [5, 5.41) is 24.5. The predicted octanol–water partition coefficient (Wildman–Crippen LogP) is 4.04. The molecule has 0 saturated heterocycles. The van der Waals surface area contributed by atoms with Crippen LogP contribution in [0.25, 0.3) is 0 Å². The van der Waals surface area contributed by atoms with E-state index in [0.717, 1.165) is 11.1 Å². The molecule has 1 aromatic heterocycles. The van der Waals surface area contributed by atoms with Crippen LogP contribution in [-0.2, 0) is 25.7 Å². The SMILES string of the molecule is C[C@H](NC(=O)c1c(C(F)(F)F)nn2c1N(Cc1cccc(CCCO)c1)CC2)c1ccc(C(=O)O)cc1. The van der Waals surface area contributed by atoms with Gasteiger partial charge in [0, 0.05) is 19.7 Å². The van der Waals surface area contributed by atoms with Gasteiger partial charge in [-0.25, -0.2) is 9.48 Å². The third-order valence-electron chi connectivity index (χ3n) is 6.30. The fraction of sp³-hybridized carbons (Fsp3) is 0.346. The zero-order chi connectivity index (χ0) is 26.7. The van der Waals surface area contributed by atoms with Crippen LogP contribution in [0.15, 0.2) is 48.5 Å². The predicted molar refractivity (Wildman–Crippen MR) is 129 cm³/mol. The molecule has 1 aliphatic rings. The lowest BCUT2D eigenvalue weighted by Crippen LogP contribution is -2.31. The van der Waals surface area contributed by atoms with Crippen molar-refractivity contribution in [1.29, 1.82) is 0 Å². The lowest BCUT2D eigenvalue weighted by atomic mass is 10.0. The summed E-state index contributed by atoms with van der Waals surface area (Å²) in [4.78, 5) is 26.1. The van der Waals surface area contributed by atoms with E-state index in [1.165, 1.54) is 28.9 Å². The molecule has 2 aromatic carbocycles. The fourth-order valence-corrected chi connectivity index (χ4v) is 4.47. The van der Waals surface area contributed by atoms with Gasteiger partial charge in [0.05, 0.1) is 18.2 Å². The number of nitrogens with one attached hydrogen (secondary N) is 1. The molecule has 0 aliphatic carbocycles. The van der Waals surface area contributed by atoms with E-state index in [1.807, 2.05) is 24.3 Å². The Bertz CT molecular complexity index is 1290. The van der Waals surface area contributed by atoms with Gasteiger partial charge in [0.15, 0.2) is 5.69 Å². The molecule has 0 radical (unpaired) electrons. The van der Waals surface area contributed by atoms with Crippen molar-refractivity contribution in [3.8, 4) is 0 Å². The van der Waals surface area contributed by atoms with Gasteiger partial charge in [-0.3, -0.25) is 4.79 Å². The number of fused-ring (bicyclic) bond motifs is 1. The lowest BCUT2D eigenvalue weighted by molar-refractivity contribution is -0.141. The van der Waals surface area contributed by atoms with Crippen LogP contribution in [0.2, 0.25) is 0 Å². The number of aliphatic hydroxyl groups is 1. The molecule has 11 heteroatoms. The van der Waals surface area contributed by atoms with Crippen LogP contribution < -0.4 is 10.2 Å². The van der Waals surface area contributed by atoms with E-state index in [-0.39, 0.29) is 24.5 Å². The lowest BCUT2D eigenvalue weighted by Gasteiger charge is -2.21. The van der Waals surface area contributed by atoms with Crippen molar-refractivity contribution < 1.29 is 33.0 Å². The number of rotatable bonds is 9. The molecule has 0 fully saturated rings. The molecule has 2 heterocycles. The number of carbonyl (C=O) groups excluding carboxylic acids is 1. The van der Waals surface area contributed by atoms with Gasteiger partial charge < -0.3 is 20.4 Å². The molecule has 4 rings (SSSR count). The van der Waals surface area contributed by atoms with Gasteiger partial charge in [-0.05, 0) is 48.6 Å². The Labute approximate surface area is 211 Å². The third kappa shape index (κ3) is 5.77. The van der Waals surface area contributed by atoms with Crippen LogP contribution in [0.5, 0.6) is 0 Å².